The van der Waals surface area contributed by atoms with Gasteiger partial charge in [0.2, 0.25) is 0 Å². The molecule has 0 spiro atoms. The second-order valence-electron chi connectivity index (χ2n) is 8.72. The fourth-order valence-electron chi connectivity index (χ4n) is 4.41. The molecule has 1 fully saturated rings. The number of aromatic nitrogens is 2. The summed E-state index contributed by atoms with van der Waals surface area (Å²) < 4.78 is 35.1. The van der Waals surface area contributed by atoms with E-state index in [4.69, 9.17) is 9.72 Å². The molecule has 3 aromatic rings. The van der Waals surface area contributed by atoms with E-state index in [1.165, 1.54) is 16.7 Å². The third-order valence-electron chi connectivity index (χ3n) is 6.36. The monoisotopic (exact) mass is 457 g/mol. The maximum absolute atomic E-state index is 14.5. The first-order valence-electron chi connectivity index (χ1n) is 10.7. The van der Waals surface area contributed by atoms with E-state index in [-0.39, 0.29) is 27.6 Å². The zero-order valence-corrected chi connectivity index (χ0v) is 18.6. The molecule has 2 N–H and O–H groups in total. The summed E-state index contributed by atoms with van der Waals surface area (Å²) in [7, 11) is 1.63. The number of hydrogen-bond acceptors (Lipinski definition) is 5. The number of benzene rings is 2. The Morgan fingerprint density at radius 2 is 1.91 bits per heavy atom. The lowest BCUT2D eigenvalue weighted by Gasteiger charge is -2.34. The second-order valence-corrected chi connectivity index (χ2v) is 8.72. The van der Waals surface area contributed by atoms with Crippen LogP contribution in [0.15, 0.2) is 35.1 Å². The third-order valence-corrected chi connectivity index (χ3v) is 6.36. The lowest BCUT2D eigenvalue weighted by atomic mass is 9.81. The Bertz CT molecular complexity index is 1300. The van der Waals surface area contributed by atoms with Gasteiger partial charge in [0.15, 0.2) is 0 Å². The molecule has 0 radical (unpaired) electrons. The Balaban J connectivity index is 1.86. The first-order chi connectivity index (χ1) is 15.6. The minimum atomic E-state index is -1.30. The van der Waals surface area contributed by atoms with Gasteiger partial charge in [-0.3, -0.25) is 9.36 Å². The number of nitrogens with zero attached hydrogens (tertiary/aromatic N) is 2. The predicted molar refractivity (Wildman–Crippen MR) is 120 cm³/mol. The van der Waals surface area contributed by atoms with Crippen LogP contribution in [0.3, 0.4) is 0 Å². The van der Waals surface area contributed by atoms with Gasteiger partial charge in [-0.25, -0.2) is 18.6 Å². The maximum atomic E-state index is 14.5. The van der Waals surface area contributed by atoms with E-state index in [1.807, 2.05) is 6.92 Å². The zero-order valence-electron chi connectivity index (χ0n) is 18.6. The number of ether oxygens (including phenoxy) is 1. The summed E-state index contributed by atoms with van der Waals surface area (Å²) in [6.07, 6.45) is 1.39. The first-order valence-corrected chi connectivity index (χ1v) is 10.7. The summed E-state index contributed by atoms with van der Waals surface area (Å²) in [5, 5.41) is 12.6. The average molecular weight is 457 g/mol. The Hall–Kier alpha value is -3.33. The highest BCUT2D eigenvalue weighted by Gasteiger charge is 2.34. The van der Waals surface area contributed by atoms with Crippen molar-refractivity contribution in [3.05, 3.63) is 69.3 Å². The summed E-state index contributed by atoms with van der Waals surface area (Å²) in [6, 6.07) is 5.20. The van der Waals surface area contributed by atoms with Crippen molar-refractivity contribution in [1.29, 1.82) is 0 Å². The SMILES string of the molecule is C[C@@H](Nc1ccc(F)cc1C(=O)O)c1cc(F)cc2c(=O)n(C)c(C3(C)CCOCC3)nc12. The Labute approximate surface area is 189 Å². The average Bonchev–Trinajstić information content (AvgIpc) is 2.77. The Morgan fingerprint density at radius 1 is 1.21 bits per heavy atom. The van der Waals surface area contributed by atoms with Crippen LogP contribution < -0.4 is 10.9 Å². The van der Waals surface area contributed by atoms with Crippen LogP contribution in [-0.2, 0) is 17.2 Å². The van der Waals surface area contributed by atoms with E-state index in [2.05, 4.69) is 5.32 Å². The number of nitrogens with one attached hydrogen (secondary N) is 1. The van der Waals surface area contributed by atoms with Crippen molar-refractivity contribution in [1.82, 2.24) is 9.55 Å². The highest BCUT2D eigenvalue weighted by Crippen LogP contribution is 2.34. The molecule has 1 aliphatic heterocycles. The van der Waals surface area contributed by atoms with E-state index in [0.29, 0.717) is 43.0 Å². The van der Waals surface area contributed by atoms with E-state index < -0.39 is 23.6 Å². The number of aromatic carboxylic acids is 1. The topological polar surface area (TPSA) is 93.5 Å². The molecular weight excluding hydrogens is 432 g/mol. The Kier molecular flexibility index (Phi) is 5.92. The quantitative estimate of drug-likeness (QED) is 0.598. The van der Waals surface area contributed by atoms with E-state index in [9.17, 15) is 23.5 Å². The van der Waals surface area contributed by atoms with E-state index in [0.717, 1.165) is 18.2 Å². The summed E-state index contributed by atoms with van der Waals surface area (Å²) in [5.74, 6) is -1.99. The molecule has 0 amide bonds. The van der Waals surface area contributed by atoms with Crippen molar-refractivity contribution in [2.24, 2.45) is 7.05 Å². The second kappa shape index (κ2) is 8.55. The molecule has 33 heavy (non-hydrogen) atoms. The van der Waals surface area contributed by atoms with Crippen LogP contribution >= 0.6 is 0 Å². The fourth-order valence-corrected chi connectivity index (χ4v) is 4.41. The maximum Gasteiger partial charge on any atom is 0.337 e. The van der Waals surface area contributed by atoms with Crippen LogP contribution in [-0.4, -0.2) is 33.8 Å². The van der Waals surface area contributed by atoms with Crippen molar-refractivity contribution < 1.29 is 23.4 Å². The van der Waals surface area contributed by atoms with Gasteiger partial charge in [-0.1, -0.05) is 6.92 Å². The summed E-state index contributed by atoms with van der Waals surface area (Å²) >= 11 is 0. The first kappa shape index (κ1) is 22.8. The molecule has 0 unspecified atom stereocenters. The van der Waals surface area contributed by atoms with Gasteiger partial charge in [0.25, 0.3) is 5.56 Å². The van der Waals surface area contributed by atoms with Gasteiger partial charge >= 0.3 is 5.97 Å². The molecule has 1 aromatic heterocycles. The lowest BCUT2D eigenvalue weighted by molar-refractivity contribution is 0.0522. The van der Waals surface area contributed by atoms with Crippen LogP contribution in [0.5, 0.6) is 0 Å². The molecule has 1 saturated heterocycles. The van der Waals surface area contributed by atoms with Crippen molar-refractivity contribution in [2.45, 2.75) is 38.1 Å². The molecular formula is C24H25F2N3O4. The van der Waals surface area contributed by atoms with Crippen LogP contribution in [0, 0.1) is 11.6 Å². The number of rotatable bonds is 5. The summed E-state index contributed by atoms with van der Waals surface area (Å²) in [4.78, 5) is 29.6. The number of carboxylic acid groups (broad SMARTS) is 1. The van der Waals surface area contributed by atoms with E-state index in [1.54, 1.807) is 14.0 Å². The lowest BCUT2D eigenvalue weighted by Crippen LogP contribution is -2.38. The van der Waals surface area contributed by atoms with Gasteiger partial charge in [-0.2, -0.15) is 0 Å². The van der Waals surface area contributed by atoms with Gasteiger partial charge < -0.3 is 15.2 Å². The zero-order chi connectivity index (χ0) is 23.9. The van der Waals surface area contributed by atoms with Crippen molar-refractivity contribution in [3.63, 3.8) is 0 Å². The predicted octanol–water partition coefficient (Wildman–Crippen LogP) is 4.15. The number of halogens is 2. The minimum absolute atomic E-state index is 0.137. The van der Waals surface area contributed by atoms with Crippen LogP contribution in [0.2, 0.25) is 0 Å². The normalized spacial score (nSPS) is 16.5. The van der Waals surface area contributed by atoms with Crippen molar-refractivity contribution in [2.75, 3.05) is 18.5 Å². The molecule has 9 heteroatoms. The van der Waals surface area contributed by atoms with Gasteiger partial charge in [0, 0.05) is 36.9 Å². The molecule has 1 atom stereocenters. The highest BCUT2D eigenvalue weighted by molar-refractivity contribution is 5.94. The van der Waals surface area contributed by atoms with Crippen molar-refractivity contribution >= 4 is 22.6 Å². The van der Waals surface area contributed by atoms with Crippen LogP contribution in [0.4, 0.5) is 14.5 Å². The summed E-state index contributed by atoms with van der Waals surface area (Å²) in [6.45, 7) is 4.85. The minimum Gasteiger partial charge on any atom is -0.478 e. The molecule has 174 valence electrons. The van der Waals surface area contributed by atoms with Crippen molar-refractivity contribution in [3.8, 4) is 0 Å². The van der Waals surface area contributed by atoms with Crippen LogP contribution in [0.25, 0.3) is 10.9 Å². The molecule has 2 heterocycles. The molecule has 0 aliphatic carbocycles. The number of carbonyl (C=O) groups is 1. The smallest absolute Gasteiger partial charge is 0.337 e. The van der Waals surface area contributed by atoms with Crippen LogP contribution in [0.1, 0.15) is 54.5 Å². The van der Waals surface area contributed by atoms with Gasteiger partial charge in [0.05, 0.1) is 22.5 Å². The van der Waals surface area contributed by atoms with Gasteiger partial charge in [-0.05, 0) is 50.1 Å². The molecule has 0 saturated carbocycles. The molecule has 2 aromatic carbocycles. The number of carboxylic acids is 1. The molecule has 0 bridgehead atoms. The largest absolute Gasteiger partial charge is 0.478 e. The van der Waals surface area contributed by atoms with E-state index >= 15 is 0 Å². The van der Waals surface area contributed by atoms with Gasteiger partial charge in [0.1, 0.15) is 17.5 Å². The number of fused-ring (bicyclic) bond motifs is 1. The standard InChI is InChI=1S/C24H25F2N3O4/c1-13(27-19-5-4-14(25)10-17(19)22(31)32)16-11-15(26)12-18-20(16)28-23(29(3)21(18)30)24(2)6-8-33-9-7-24/h4-5,10-13,27H,6-9H2,1-3H3,(H,31,32)/t13-/m1/s1. The number of hydrogen-bond donors (Lipinski definition) is 2. The molecule has 7 nitrogen and oxygen atoms in total. The van der Waals surface area contributed by atoms with Gasteiger partial charge in [-0.15, -0.1) is 0 Å². The fraction of sp³-hybridized carbons (Fsp3) is 0.375. The number of anilines is 1. The molecule has 1 aliphatic rings. The molecule has 4 rings (SSSR count). The third kappa shape index (κ3) is 4.20. The highest BCUT2D eigenvalue weighted by atomic mass is 19.1. The Morgan fingerprint density at radius 3 is 2.58 bits per heavy atom. The summed E-state index contributed by atoms with van der Waals surface area (Å²) in [5.41, 5.74) is -0.0583.